The van der Waals surface area contributed by atoms with Crippen molar-refractivity contribution in [2.45, 2.75) is 0 Å². The van der Waals surface area contributed by atoms with Crippen molar-refractivity contribution in [2.75, 3.05) is 47.1 Å². The molecule has 0 spiro atoms. The molecule has 29 heavy (non-hydrogen) atoms. The number of fused-ring (bicyclic) bond motifs is 2. The average molecular weight is 395 g/mol. The van der Waals surface area contributed by atoms with Crippen LogP contribution in [-0.4, -0.2) is 63.9 Å². The Morgan fingerprint density at radius 2 is 1.34 bits per heavy atom. The van der Waals surface area contributed by atoms with Crippen molar-refractivity contribution in [1.82, 2.24) is 4.90 Å². The van der Waals surface area contributed by atoms with Crippen LogP contribution in [0.1, 0.15) is 10.4 Å². The van der Waals surface area contributed by atoms with Crippen molar-refractivity contribution in [3.63, 3.8) is 0 Å². The second kappa shape index (κ2) is 10.0. The highest BCUT2D eigenvalue weighted by Gasteiger charge is 2.19. The fraction of sp³-hybridized carbons (Fsp3) is 0.304. The van der Waals surface area contributed by atoms with Gasteiger partial charge in [-0.05, 0) is 27.6 Å². The number of benzene rings is 3. The number of rotatable bonds is 9. The van der Waals surface area contributed by atoms with E-state index < -0.39 is 5.97 Å². The van der Waals surface area contributed by atoms with Crippen molar-refractivity contribution >= 4 is 33.4 Å². The van der Waals surface area contributed by atoms with E-state index in [9.17, 15) is 9.59 Å². The lowest BCUT2D eigenvalue weighted by Crippen LogP contribution is -2.39. The van der Waals surface area contributed by atoms with Crippen molar-refractivity contribution in [2.24, 2.45) is 0 Å². The van der Waals surface area contributed by atoms with Crippen LogP contribution in [0.25, 0.3) is 21.5 Å². The van der Waals surface area contributed by atoms with E-state index in [4.69, 9.17) is 14.2 Å². The largest absolute Gasteiger partial charge is 0.452 e. The lowest BCUT2D eigenvalue weighted by molar-refractivity contribution is -0.135. The summed E-state index contributed by atoms with van der Waals surface area (Å²) < 4.78 is 15.5. The number of hydrogen-bond acceptors (Lipinski definition) is 5. The van der Waals surface area contributed by atoms with E-state index in [-0.39, 0.29) is 12.5 Å². The molecule has 3 rings (SSSR count). The molecule has 0 bridgehead atoms. The number of nitrogens with zero attached hydrogens (tertiary/aromatic N) is 1. The monoisotopic (exact) mass is 395 g/mol. The number of amides is 1. The van der Waals surface area contributed by atoms with Crippen LogP contribution in [0.3, 0.4) is 0 Å². The van der Waals surface area contributed by atoms with Crippen LogP contribution in [0.2, 0.25) is 0 Å². The first kappa shape index (κ1) is 20.8. The molecule has 152 valence electrons. The van der Waals surface area contributed by atoms with Crippen molar-refractivity contribution < 1.29 is 23.8 Å². The molecule has 0 aromatic heterocycles. The Morgan fingerprint density at radius 3 is 1.86 bits per heavy atom. The van der Waals surface area contributed by atoms with Crippen molar-refractivity contribution in [1.29, 1.82) is 0 Å². The summed E-state index contributed by atoms with van der Waals surface area (Å²) in [5, 5.41) is 3.51. The smallest absolute Gasteiger partial charge is 0.339 e. The van der Waals surface area contributed by atoms with E-state index in [0.717, 1.165) is 21.5 Å². The van der Waals surface area contributed by atoms with Gasteiger partial charge in [0.05, 0.1) is 18.8 Å². The molecule has 0 saturated carbocycles. The van der Waals surface area contributed by atoms with Crippen molar-refractivity contribution in [3.8, 4) is 0 Å². The van der Waals surface area contributed by atoms with Crippen LogP contribution in [0.15, 0.2) is 54.6 Å². The predicted octanol–water partition coefficient (Wildman–Crippen LogP) is 3.27. The summed E-state index contributed by atoms with van der Waals surface area (Å²) >= 11 is 0. The van der Waals surface area contributed by atoms with Crippen LogP contribution in [-0.2, 0) is 19.0 Å². The number of ether oxygens (including phenoxy) is 3. The maximum absolute atomic E-state index is 13.0. The fourth-order valence-corrected chi connectivity index (χ4v) is 3.29. The second-order valence-corrected chi connectivity index (χ2v) is 6.64. The first-order valence-electron chi connectivity index (χ1n) is 9.49. The van der Waals surface area contributed by atoms with Crippen molar-refractivity contribution in [3.05, 3.63) is 60.2 Å². The summed E-state index contributed by atoms with van der Waals surface area (Å²) in [6.45, 7) is 1.29. The Hall–Kier alpha value is -2.96. The lowest BCUT2D eigenvalue weighted by Gasteiger charge is -2.22. The molecule has 3 aromatic rings. The molecule has 0 aliphatic heterocycles. The Bertz CT molecular complexity index is 939. The molecule has 0 fully saturated rings. The number of esters is 1. The zero-order valence-electron chi connectivity index (χ0n) is 16.7. The van der Waals surface area contributed by atoms with Gasteiger partial charge in [0.15, 0.2) is 6.61 Å². The van der Waals surface area contributed by atoms with Gasteiger partial charge in [0.25, 0.3) is 5.91 Å². The van der Waals surface area contributed by atoms with E-state index in [0.29, 0.717) is 31.9 Å². The molecule has 1 amide bonds. The number of methoxy groups -OCH3 is 2. The number of carbonyl (C=O) groups excluding carboxylic acids is 2. The first-order chi connectivity index (χ1) is 14.2. The molecule has 0 atom stereocenters. The van der Waals surface area contributed by atoms with Gasteiger partial charge in [0.1, 0.15) is 0 Å². The first-order valence-corrected chi connectivity index (χ1v) is 9.49. The fourth-order valence-electron chi connectivity index (χ4n) is 3.29. The van der Waals surface area contributed by atoms with Crippen LogP contribution in [0, 0.1) is 0 Å². The van der Waals surface area contributed by atoms with Gasteiger partial charge >= 0.3 is 5.97 Å². The van der Waals surface area contributed by atoms with E-state index in [1.54, 1.807) is 19.1 Å². The highest BCUT2D eigenvalue weighted by Crippen LogP contribution is 2.29. The summed E-state index contributed by atoms with van der Waals surface area (Å²) in [5.74, 6) is -0.790. The van der Waals surface area contributed by atoms with Crippen LogP contribution >= 0.6 is 0 Å². The van der Waals surface area contributed by atoms with Crippen LogP contribution < -0.4 is 0 Å². The second-order valence-electron chi connectivity index (χ2n) is 6.64. The third kappa shape index (κ3) is 4.91. The molecule has 6 heteroatoms. The molecular weight excluding hydrogens is 370 g/mol. The van der Waals surface area contributed by atoms with Crippen LogP contribution in [0.4, 0.5) is 0 Å². The topological polar surface area (TPSA) is 65.1 Å². The zero-order chi connectivity index (χ0) is 20.6. The lowest BCUT2D eigenvalue weighted by atomic mass is 9.97. The molecule has 0 unspecified atom stereocenters. The van der Waals surface area contributed by atoms with Gasteiger partial charge in [-0.15, -0.1) is 0 Å². The predicted molar refractivity (Wildman–Crippen MR) is 112 cm³/mol. The van der Waals surface area contributed by atoms with Gasteiger partial charge in [-0.25, -0.2) is 4.79 Å². The standard InChI is InChI=1S/C23H25NO5/c1-27-13-11-24(12-14-28-2)21(25)16-29-23(26)22-19-9-5-3-7-17(19)15-18-8-4-6-10-20(18)22/h3-10,15H,11-14,16H2,1-2H3. The maximum atomic E-state index is 13.0. The molecular formula is C23H25NO5. The van der Waals surface area contributed by atoms with Gasteiger partial charge in [-0.2, -0.15) is 0 Å². The van der Waals surface area contributed by atoms with Crippen LogP contribution in [0.5, 0.6) is 0 Å². The van der Waals surface area contributed by atoms with Gasteiger partial charge in [-0.1, -0.05) is 48.5 Å². The molecule has 0 radical (unpaired) electrons. The summed E-state index contributed by atoms with van der Waals surface area (Å²) in [4.78, 5) is 27.1. The zero-order valence-corrected chi connectivity index (χ0v) is 16.7. The van der Waals surface area contributed by atoms with Gasteiger partial charge in [0.2, 0.25) is 0 Å². The van der Waals surface area contributed by atoms with Gasteiger partial charge in [0, 0.05) is 27.3 Å². The molecule has 0 N–H and O–H groups in total. The van der Waals surface area contributed by atoms with E-state index in [1.807, 2.05) is 54.6 Å². The number of hydrogen-bond donors (Lipinski definition) is 0. The summed E-state index contributed by atoms with van der Waals surface area (Å²) in [6.07, 6.45) is 0. The third-order valence-electron chi connectivity index (χ3n) is 4.79. The molecule has 6 nitrogen and oxygen atoms in total. The minimum atomic E-state index is -0.509. The Kier molecular flexibility index (Phi) is 7.16. The summed E-state index contributed by atoms with van der Waals surface area (Å²) in [6, 6.07) is 17.4. The van der Waals surface area contributed by atoms with Gasteiger partial charge < -0.3 is 19.1 Å². The Labute approximate surface area is 170 Å². The SMILES string of the molecule is COCCN(CCOC)C(=O)COC(=O)c1c2ccccc2cc2ccccc12. The molecule has 0 saturated heterocycles. The average Bonchev–Trinajstić information content (AvgIpc) is 2.75. The molecule has 0 aliphatic rings. The Morgan fingerprint density at radius 1 is 0.828 bits per heavy atom. The van der Waals surface area contributed by atoms with E-state index in [2.05, 4.69) is 0 Å². The molecule has 0 aliphatic carbocycles. The third-order valence-corrected chi connectivity index (χ3v) is 4.79. The van der Waals surface area contributed by atoms with E-state index in [1.165, 1.54) is 0 Å². The summed E-state index contributed by atoms with van der Waals surface area (Å²) in [7, 11) is 3.15. The number of carbonyl (C=O) groups is 2. The highest BCUT2D eigenvalue weighted by molar-refractivity contribution is 6.16. The highest BCUT2D eigenvalue weighted by atomic mass is 16.5. The molecule has 3 aromatic carbocycles. The maximum Gasteiger partial charge on any atom is 0.339 e. The summed E-state index contributed by atoms with van der Waals surface area (Å²) in [5.41, 5.74) is 0.479. The Balaban J connectivity index is 1.82. The minimum Gasteiger partial charge on any atom is -0.452 e. The minimum absolute atomic E-state index is 0.281. The molecule has 0 heterocycles. The van der Waals surface area contributed by atoms with Gasteiger partial charge in [-0.3, -0.25) is 4.79 Å². The normalized spacial score (nSPS) is 11.0. The quantitative estimate of drug-likeness (QED) is 0.411. The van der Waals surface area contributed by atoms with E-state index >= 15 is 0 Å².